The molecule has 0 aliphatic heterocycles. The van der Waals surface area contributed by atoms with Gasteiger partial charge >= 0.3 is 5.97 Å². The second-order valence-electron chi connectivity index (χ2n) is 3.14. The van der Waals surface area contributed by atoms with Crippen molar-refractivity contribution in [1.82, 2.24) is 0 Å². The maximum atomic E-state index is 11.5. The summed E-state index contributed by atoms with van der Waals surface area (Å²) in [7, 11) is -3.12. The molecule has 0 radical (unpaired) electrons. The number of rotatable bonds is 6. The van der Waals surface area contributed by atoms with Crippen LogP contribution in [0, 0.1) is 0 Å². The molecule has 0 aromatic carbocycles. The Balaban J connectivity index is 4.06. The lowest BCUT2D eigenvalue weighted by Gasteiger charge is -2.09. The molecular weight excluding hydrogens is 204 g/mol. The average molecular weight is 222 g/mol. The lowest BCUT2D eigenvalue weighted by atomic mass is 10.4. The van der Waals surface area contributed by atoms with E-state index in [2.05, 4.69) is 4.74 Å². The van der Waals surface area contributed by atoms with Crippen LogP contribution in [0.4, 0.5) is 0 Å². The Bertz CT molecular complexity index is 269. The molecule has 0 bridgehead atoms. The third-order valence-electron chi connectivity index (χ3n) is 2.08. The van der Waals surface area contributed by atoms with Gasteiger partial charge in [-0.1, -0.05) is 6.92 Å². The standard InChI is InChI=1S/C9H18O4S/c1-4-8(3)14(11,12)7-6-9(10)13-5-2/h8H,4-7H2,1-3H3. The zero-order valence-electron chi connectivity index (χ0n) is 8.95. The highest BCUT2D eigenvalue weighted by molar-refractivity contribution is 7.92. The Labute approximate surface area is 85.6 Å². The molecule has 0 aliphatic rings. The SMILES string of the molecule is CCOC(=O)CCS(=O)(=O)C(C)CC. The molecule has 0 aromatic heterocycles. The normalized spacial score (nSPS) is 13.6. The van der Waals surface area contributed by atoms with Crippen molar-refractivity contribution in [2.75, 3.05) is 12.4 Å². The van der Waals surface area contributed by atoms with E-state index in [-0.39, 0.29) is 17.4 Å². The van der Waals surface area contributed by atoms with Crippen LogP contribution in [0.3, 0.4) is 0 Å². The van der Waals surface area contributed by atoms with Crippen molar-refractivity contribution in [1.29, 1.82) is 0 Å². The fourth-order valence-electron chi connectivity index (χ4n) is 0.914. The highest BCUT2D eigenvalue weighted by Crippen LogP contribution is 2.07. The van der Waals surface area contributed by atoms with E-state index in [0.29, 0.717) is 13.0 Å². The summed E-state index contributed by atoms with van der Waals surface area (Å²) in [5.41, 5.74) is 0. The molecule has 0 rings (SSSR count). The monoisotopic (exact) mass is 222 g/mol. The molecule has 84 valence electrons. The van der Waals surface area contributed by atoms with Crippen LogP contribution in [-0.2, 0) is 19.4 Å². The summed E-state index contributed by atoms with van der Waals surface area (Å²) in [6, 6.07) is 0. The molecule has 14 heavy (non-hydrogen) atoms. The summed E-state index contributed by atoms with van der Waals surface area (Å²) in [4.78, 5) is 10.9. The smallest absolute Gasteiger partial charge is 0.306 e. The first kappa shape index (κ1) is 13.4. The summed E-state index contributed by atoms with van der Waals surface area (Å²) in [6.07, 6.45) is 0.533. The number of ether oxygens (including phenoxy) is 1. The van der Waals surface area contributed by atoms with E-state index in [1.54, 1.807) is 13.8 Å². The van der Waals surface area contributed by atoms with Crippen molar-refractivity contribution in [2.24, 2.45) is 0 Å². The van der Waals surface area contributed by atoms with Crippen LogP contribution in [0.2, 0.25) is 0 Å². The van der Waals surface area contributed by atoms with Gasteiger partial charge in [0.2, 0.25) is 0 Å². The maximum Gasteiger partial charge on any atom is 0.306 e. The number of carbonyl (C=O) groups is 1. The van der Waals surface area contributed by atoms with E-state index >= 15 is 0 Å². The van der Waals surface area contributed by atoms with Crippen LogP contribution in [0.25, 0.3) is 0 Å². The molecule has 0 aromatic rings. The number of sulfone groups is 1. The molecule has 0 saturated carbocycles. The Morgan fingerprint density at radius 1 is 1.36 bits per heavy atom. The molecule has 0 N–H and O–H groups in total. The Kier molecular flexibility index (Phi) is 5.76. The van der Waals surface area contributed by atoms with Crippen LogP contribution in [0.5, 0.6) is 0 Å². The van der Waals surface area contributed by atoms with Crippen LogP contribution < -0.4 is 0 Å². The minimum Gasteiger partial charge on any atom is -0.466 e. The van der Waals surface area contributed by atoms with Crippen LogP contribution in [0.15, 0.2) is 0 Å². The van der Waals surface area contributed by atoms with Gasteiger partial charge in [-0.25, -0.2) is 8.42 Å². The molecule has 0 heterocycles. The highest BCUT2D eigenvalue weighted by atomic mass is 32.2. The zero-order valence-corrected chi connectivity index (χ0v) is 9.76. The van der Waals surface area contributed by atoms with Gasteiger partial charge in [0.15, 0.2) is 9.84 Å². The average Bonchev–Trinajstić information content (AvgIpc) is 2.14. The van der Waals surface area contributed by atoms with E-state index in [4.69, 9.17) is 0 Å². The summed E-state index contributed by atoms with van der Waals surface area (Å²) >= 11 is 0. The largest absolute Gasteiger partial charge is 0.466 e. The second-order valence-corrected chi connectivity index (χ2v) is 5.68. The predicted molar refractivity (Wildman–Crippen MR) is 54.8 cm³/mol. The molecular formula is C9H18O4S. The summed E-state index contributed by atoms with van der Waals surface area (Å²) < 4.78 is 27.6. The molecule has 0 saturated heterocycles. The molecule has 1 atom stereocenters. The van der Waals surface area contributed by atoms with E-state index in [1.165, 1.54) is 0 Å². The third-order valence-corrected chi connectivity index (χ3v) is 4.42. The van der Waals surface area contributed by atoms with Gasteiger partial charge in [0.25, 0.3) is 0 Å². The fourth-order valence-corrected chi connectivity index (χ4v) is 2.28. The van der Waals surface area contributed by atoms with Crippen LogP contribution in [0.1, 0.15) is 33.6 Å². The van der Waals surface area contributed by atoms with Crippen LogP contribution >= 0.6 is 0 Å². The molecule has 0 aliphatic carbocycles. The quantitative estimate of drug-likeness (QED) is 0.633. The lowest BCUT2D eigenvalue weighted by molar-refractivity contribution is -0.142. The van der Waals surface area contributed by atoms with E-state index in [1.807, 2.05) is 6.92 Å². The Hall–Kier alpha value is -0.580. The lowest BCUT2D eigenvalue weighted by Crippen LogP contribution is -2.22. The fraction of sp³-hybridized carbons (Fsp3) is 0.889. The molecule has 4 nitrogen and oxygen atoms in total. The third kappa shape index (κ3) is 4.60. The number of esters is 1. The van der Waals surface area contributed by atoms with E-state index < -0.39 is 15.8 Å². The number of hydrogen-bond acceptors (Lipinski definition) is 4. The van der Waals surface area contributed by atoms with Crippen molar-refractivity contribution in [2.45, 2.75) is 38.9 Å². The zero-order chi connectivity index (χ0) is 11.2. The van der Waals surface area contributed by atoms with Crippen molar-refractivity contribution in [3.8, 4) is 0 Å². The first-order chi connectivity index (χ1) is 6.44. The summed E-state index contributed by atoms with van der Waals surface area (Å²) in [5, 5.41) is -0.378. The first-order valence-corrected chi connectivity index (χ1v) is 6.52. The molecule has 0 amide bonds. The second kappa shape index (κ2) is 6.01. The van der Waals surface area contributed by atoms with Gasteiger partial charge in [-0.2, -0.15) is 0 Å². The van der Waals surface area contributed by atoms with Crippen molar-refractivity contribution in [3.05, 3.63) is 0 Å². The minimum atomic E-state index is -3.12. The van der Waals surface area contributed by atoms with Crippen molar-refractivity contribution >= 4 is 15.8 Å². The minimum absolute atomic E-state index is 0.0412. The van der Waals surface area contributed by atoms with Gasteiger partial charge in [-0.05, 0) is 20.3 Å². The first-order valence-electron chi connectivity index (χ1n) is 4.81. The molecule has 0 fully saturated rings. The topological polar surface area (TPSA) is 60.4 Å². The molecule has 0 spiro atoms. The maximum absolute atomic E-state index is 11.5. The van der Waals surface area contributed by atoms with E-state index in [9.17, 15) is 13.2 Å². The van der Waals surface area contributed by atoms with Gasteiger partial charge in [0.05, 0.1) is 24.0 Å². The highest BCUT2D eigenvalue weighted by Gasteiger charge is 2.20. The predicted octanol–water partition coefficient (Wildman–Crippen LogP) is 1.15. The van der Waals surface area contributed by atoms with Gasteiger partial charge in [0, 0.05) is 0 Å². The van der Waals surface area contributed by atoms with Gasteiger partial charge in [0.1, 0.15) is 0 Å². The number of carbonyl (C=O) groups excluding carboxylic acids is 1. The molecule has 5 heteroatoms. The molecule has 1 unspecified atom stereocenters. The van der Waals surface area contributed by atoms with Gasteiger partial charge < -0.3 is 4.74 Å². The summed E-state index contributed by atoms with van der Waals surface area (Å²) in [6.45, 7) is 5.45. The van der Waals surface area contributed by atoms with E-state index in [0.717, 1.165) is 0 Å². The van der Waals surface area contributed by atoms with Gasteiger partial charge in [-0.3, -0.25) is 4.79 Å². The summed E-state index contributed by atoms with van der Waals surface area (Å²) in [5.74, 6) is -0.555. The Morgan fingerprint density at radius 3 is 2.36 bits per heavy atom. The van der Waals surface area contributed by atoms with Gasteiger partial charge in [-0.15, -0.1) is 0 Å². The van der Waals surface area contributed by atoms with Crippen LogP contribution in [-0.4, -0.2) is 32.0 Å². The van der Waals surface area contributed by atoms with Crippen molar-refractivity contribution < 1.29 is 17.9 Å². The number of hydrogen-bond donors (Lipinski definition) is 0. The Morgan fingerprint density at radius 2 is 1.93 bits per heavy atom. The van der Waals surface area contributed by atoms with Crippen molar-refractivity contribution in [3.63, 3.8) is 0 Å².